The van der Waals surface area contributed by atoms with Crippen LogP contribution in [0.15, 0.2) is 34.9 Å². The van der Waals surface area contributed by atoms with Crippen LogP contribution in [0.4, 0.5) is 5.82 Å². The SMILES string of the molecule is CCOc1ccc(C(C)NC(C)C(=O)Nc2cc(C)on2)cc1. The zero-order valence-electron chi connectivity index (χ0n) is 13.9. The third kappa shape index (κ3) is 4.82. The Bertz CT molecular complexity index is 637. The quantitative estimate of drug-likeness (QED) is 0.821. The molecular weight excluding hydrogens is 294 g/mol. The lowest BCUT2D eigenvalue weighted by atomic mass is 10.1. The van der Waals surface area contributed by atoms with E-state index in [9.17, 15) is 4.79 Å². The van der Waals surface area contributed by atoms with Crippen molar-refractivity contribution < 1.29 is 14.1 Å². The summed E-state index contributed by atoms with van der Waals surface area (Å²) < 4.78 is 10.4. The molecule has 23 heavy (non-hydrogen) atoms. The van der Waals surface area contributed by atoms with E-state index in [1.807, 2.05) is 45.0 Å². The Morgan fingerprint density at radius 1 is 1.30 bits per heavy atom. The topological polar surface area (TPSA) is 76.4 Å². The van der Waals surface area contributed by atoms with Crippen molar-refractivity contribution in [2.75, 3.05) is 11.9 Å². The van der Waals surface area contributed by atoms with Gasteiger partial charge in [-0.25, -0.2) is 0 Å². The van der Waals surface area contributed by atoms with Crippen molar-refractivity contribution in [2.24, 2.45) is 0 Å². The van der Waals surface area contributed by atoms with Crippen molar-refractivity contribution in [3.05, 3.63) is 41.7 Å². The van der Waals surface area contributed by atoms with E-state index in [0.717, 1.165) is 11.3 Å². The van der Waals surface area contributed by atoms with E-state index in [-0.39, 0.29) is 18.0 Å². The van der Waals surface area contributed by atoms with E-state index in [1.165, 1.54) is 0 Å². The highest BCUT2D eigenvalue weighted by molar-refractivity contribution is 5.93. The van der Waals surface area contributed by atoms with Gasteiger partial charge in [0, 0.05) is 12.1 Å². The van der Waals surface area contributed by atoms with E-state index in [0.29, 0.717) is 18.2 Å². The highest BCUT2D eigenvalue weighted by atomic mass is 16.5. The molecule has 0 saturated carbocycles. The second-order valence-electron chi connectivity index (χ2n) is 5.42. The third-order valence-electron chi connectivity index (χ3n) is 3.46. The van der Waals surface area contributed by atoms with Crippen LogP contribution in [0.3, 0.4) is 0 Å². The molecule has 2 unspecified atom stereocenters. The van der Waals surface area contributed by atoms with Crippen molar-refractivity contribution in [1.29, 1.82) is 0 Å². The van der Waals surface area contributed by atoms with Gasteiger partial charge >= 0.3 is 0 Å². The number of hydrogen-bond acceptors (Lipinski definition) is 5. The maximum Gasteiger partial charge on any atom is 0.242 e. The molecule has 0 aliphatic carbocycles. The maximum atomic E-state index is 12.2. The number of carbonyl (C=O) groups excluding carboxylic acids is 1. The number of aromatic nitrogens is 1. The van der Waals surface area contributed by atoms with Gasteiger partial charge < -0.3 is 14.6 Å². The summed E-state index contributed by atoms with van der Waals surface area (Å²) in [7, 11) is 0. The zero-order valence-corrected chi connectivity index (χ0v) is 13.9. The summed E-state index contributed by atoms with van der Waals surface area (Å²) in [4.78, 5) is 12.2. The van der Waals surface area contributed by atoms with E-state index >= 15 is 0 Å². The Balaban J connectivity index is 1.90. The Hall–Kier alpha value is -2.34. The average molecular weight is 317 g/mol. The van der Waals surface area contributed by atoms with Crippen LogP contribution in [-0.2, 0) is 4.79 Å². The lowest BCUT2D eigenvalue weighted by molar-refractivity contribution is -0.118. The molecule has 0 saturated heterocycles. The van der Waals surface area contributed by atoms with Crippen molar-refractivity contribution in [2.45, 2.75) is 39.8 Å². The van der Waals surface area contributed by atoms with Crippen molar-refractivity contribution in [3.63, 3.8) is 0 Å². The molecule has 0 bridgehead atoms. The summed E-state index contributed by atoms with van der Waals surface area (Å²) in [6.45, 7) is 8.20. The minimum absolute atomic E-state index is 0.0328. The molecule has 2 aromatic rings. The van der Waals surface area contributed by atoms with E-state index in [4.69, 9.17) is 9.26 Å². The number of hydrogen-bond donors (Lipinski definition) is 2. The maximum absolute atomic E-state index is 12.2. The number of anilines is 1. The minimum Gasteiger partial charge on any atom is -0.494 e. The number of carbonyl (C=O) groups is 1. The number of nitrogens with one attached hydrogen (secondary N) is 2. The second kappa shape index (κ2) is 7.78. The van der Waals surface area contributed by atoms with Crippen molar-refractivity contribution >= 4 is 11.7 Å². The van der Waals surface area contributed by atoms with Crippen LogP contribution >= 0.6 is 0 Å². The first kappa shape index (κ1) is 17.0. The molecule has 0 fully saturated rings. The van der Waals surface area contributed by atoms with Crippen LogP contribution < -0.4 is 15.4 Å². The van der Waals surface area contributed by atoms with Crippen LogP contribution in [0.2, 0.25) is 0 Å². The van der Waals surface area contributed by atoms with E-state index in [2.05, 4.69) is 15.8 Å². The predicted molar refractivity (Wildman–Crippen MR) is 88.5 cm³/mol. The molecule has 124 valence electrons. The third-order valence-corrected chi connectivity index (χ3v) is 3.46. The van der Waals surface area contributed by atoms with Crippen LogP contribution in [0.1, 0.15) is 38.1 Å². The molecule has 0 spiro atoms. The van der Waals surface area contributed by atoms with Crippen LogP contribution in [-0.4, -0.2) is 23.7 Å². The first-order valence-corrected chi connectivity index (χ1v) is 7.72. The number of nitrogens with zero attached hydrogens (tertiary/aromatic N) is 1. The van der Waals surface area contributed by atoms with Crippen LogP contribution in [0.25, 0.3) is 0 Å². The lowest BCUT2D eigenvalue weighted by Gasteiger charge is -2.19. The van der Waals surface area contributed by atoms with Gasteiger partial charge in [0.25, 0.3) is 0 Å². The summed E-state index contributed by atoms with van der Waals surface area (Å²) in [6.07, 6.45) is 0. The summed E-state index contributed by atoms with van der Waals surface area (Å²) >= 11 is 0. The molecular formula is C17H23N3O3. The van der Waals surface area contributed by atoms with Gasteiger partial charge in [0.1, 0.15) is 11.5 Å². The first-order valence-electron chi connectivity index (χ1n) is 7.72. The Morgan fingerprint density at radius 3 is 2.57 bits per heavy atom. The van der Waals surface area contributed by atoms with Crippen LogP contribution in [0, 0.1) is 6.92 Å². The zero-order chi connectivity index (χ0) is 16.8. The molecule has 1 heterocycles. The monoisotopic (exact) mass is 317 g/mol. The summed E-state index contributed by atoms with van der Waals surface area (Å²) in [6, 6.07) is 9.20. The first-order chi connectivity index (χ1) is 11.0. The van der Waals surface area contributed by atoms with Crippen LogP contribution in [0.5, 0.6) is 5.75 Å². The fourth-order valence-electron chi connectivity index (χ4n) is 2.23. The number of ether oxygens (including phenoxy) is 1. The van der Waals surface area contributed by atoms with Gasteiger partial charge in [-0.05, 0) is 45.4 Å². The fraction of sp³-hybridized carbons (Fsp3) is 0.412. The largest absolute Gasteiger partial charge is 0.494 e. The summed E-state index contributed by atoms with van der Waals surface area (Å²) in [5, 5.41) is 9.74. The normalized spacial score (nSPS) is 13.4. The standard InChI is InChI=1S/C17H23N3O3/c1-5-22-15-8-6-14(7-9-15)12(3)18-13(4)17(21)19-16-10-11(2)23-20-16/h6-10,12-13,18H,5H2,1-4H3,(H,19,20,21). The number of rotatable bonds is 7. The molecule has 2 rings (SSSR count). The molecule has 0 radical (unpaired) electrons. The lowest BCUT2D eigenvalue weighted by Crippen LogP contribution is -2.39. The number of benzene rings is 1. The second-order valence-corrected chi connectivity index (χ2v) is 5.42. The van der Waals surface area contributed by atoms with E-state index < -0.39 is 0 Å². The van der Waals surface area contributed by atoms with E-state index in [1.54, 1.807) is 13.0 Å². The molecule has 1 aromatic heterocycles. The average Bonchev–Trinajstić information content (AvgIpc) is 2.93. The minimum atomic E-state index is -0.367. The van der Waals surface area contributed by atoms with Gasteiger partial charge in [-0.2, -0.15) is 0 Å². The van der Waals surface area contributed by atoms with Gasteiger partial charge in [-0.3, -0.25) is 10.1 Å². The fourth-order valence-corrected chi connectivity index (χ4v) is 2.23. The molecule has 1 amide bonds. The Labute approximate surface area is 136 Å². The number of amides is 1. The predicted octanol–water partition coefficient (Wildman–Crippen LogP) is 3.06. The number of aryl methyl sites for hydroxylation is 1. The van der Waals surface area contributed by atoms with Crippen molar-refractivity contribution in [1.82, 2.24) is 10.5 Å². The van der Waals surface area contributed by atoms with Gasteiger partial charge in [0.05, 0.1) is 12.6 Å². The Kier molecular flexibility index (Phi) is 5.76. The molecule has 0 aliphatic rings. The smallest absolute Gasteiger partial charge is 0.242 e. The van der Waals surface area contributed by atoms with Gasteiger partial charge in [0.15, 0.2) is 5.82 Å². The Morgan fingerprint density at radius 2 is 2.00 bits per heavy atom. The van der Waals surface area contributed by atoms with Gasteiger partial charge in [0.2, 0.25) is 5.91 Å². The van der Waals surface area contributed by atoms with Gasteiger partial charge in [-0.1, -0.05) is 17.3 Å². The summed E-state index contributed by atoms with van der Waals surface area (Å²) in [5.74, 6) is 1.77. The molecule has 2 N–H and O–H groups in total. The molecule has 2 atom stereocenters. The molecule has 1 aromatic carbocycles. The molecule has 6 heteroatoms. The molecule has 6 nitrogen and oxygen atoms in total. The van der Waals surface area contributed by atoms with Gasteiger partial charge in [-0.15, -0.1) is 0 Å². The highest BCUT2D eigenvalue weighted by Gasteiger charge is 2.17. The molecule has 0 aliphatic heterocycles. The highest BCUT2D eigenvalue weighted by Crippen LogP contribution is 2.18. The van der Waals surface area contributed by atoms with Crippen molar-refractivity contribution in [3.8, 4) is 5.75 Å². The summed E-state index contributed by atoms with van der Waals surface area (Å²) in [5.41, 5.74) is 1.09.